The summed E-state index contributed by atoms with van der Waals surface area (Å²) in [6.45, 7) is 1.28. The summed E-state index contributed by atoms with van der Waals surface area (Å²) >= 11 is 0. The summed E-state index contributed by atoms with van der Waals surface area (Å²) < 4.78 is 53.1. The molecule has 1 fully saturated rings. The Morgan fingerprint density at radius 3 is 2.00 bits per heavy atom. The van der Waals surface area contributed by atoms with Crippen LogP contribution in [0.25, 0.3) is 0 Å². The second kappa shape index (κ2) is 14.4. The largest absolute Gasteiger partial charge is 0.497 e. The van der Waals surface area contributed by atoms with Crippen molar-refractivity contribution in [2.75, 3.05) is 25.1 Å². The van der Waals surface area contributed by atoms with E-state index in [1.807, 2.05) is 6.92 Å². The predicted molar refractivity (Wildman–Crippen MR) is 162 cm³/mol. The maximum Gasteiger partial charge on any atom is 0.264 e. The number of ether oxygens (including phenoxy) is 2. The first kappa shape index (κ1) is 31.8. The summed E-state index contributed by atoms with van der Waals surface area (Å²) in [5.41, 5.74) is 0.853. The van der Waals surface area contributed by atoms with Crippen LogP contribution < -0.4 is 19.1 Å². The van der Waals surface area contributed by atoms with E-state index in [-0.39, 0.29) is 29.1 Å². The lowest BCUT2D eigenvalue weighted by Crippen LogP contribution is -2.53. The van der Waals surface area contributed by atoms with Crippen molar-refractivity contribution in [2.45, 2.75) is 62.6 Å². The number of rotatable bonds is 13. The number of nitrogens with zero attached hydrogens (tertiary/aromatic N) is 2. The Kier molecular flexibility index (Phi) is 10.6. The van der Waals surface area contributed by atoms with E-state index in [4.69, 9.17) is 9.47 Å². The van der Waals surface area contributed by atoms with E-state index in [2.05, 4.69) is 5.32 Å². The third-order valence-electron chi connectivity index (χ3n) is 7.64. The van der Waals surface area contributed by atoms with Crippen molar-refractivity contribution in [1.29, 1.82) is 0 Å². The highest BCUT2D eigenvalue weighted by atomic mass is 32.2. The van der Waals surface area contributed by atoms with Gasteiger partial charge in [0.25, 0.3) is 10.0 Å². The zero-order valence-electron chi connectivity index (χ0n) is 24.7. The summed E-state index contributed by atoms with van der Waals surface area (Å²) in [7, 11) is -1.26. The Bertz CT molecular complexity index is 1470. The van der Waals surface area contributed by atoms with Crippen LogP contribution in [0, 0.1) is 5.82 Å². The van der Waals surface area contributed by atoms with Gasteiger partial charge in [-0.25, -0.2) is 12.8 Å². The third kappa shape index (κ3) is 7.84. The molecule has 11 heteroatoms. The first-order valence-corrected chi connectivity index (χ1v) is 15.8. The number of benzene rings is 3. The van der Waals surface area contributed by atoms with Crippen LogP contribution in [0.1, 0.15) is 44.6 Å². The predicted octanol–water partition coefficient (Wildman–Crippen LogP) is 4.90. The number of carbonyl (C=O) groups excluding carboxylic acids is 2. The fourth-order valence-corrected chi connectivity index (χ4v) is 6.64. The van der Waals surface area contributed by atoms with Gasteiger partial charge in [-0.15, -0.1) is 0 Å². The van der Waals surface area contributed by atoms with E-state index in [0.717, 1.165) is 47.7 Å². The molecule has 4 rings (SSSR count). The maximum absolute atomic E-state index is 14.2. The molecule has 9 nitrogen and oxygen atoms in total. The van der Waals surface area contributed by atoms with E-state index in [0.29, 0.717) is 17.9 Å². The molecule has 1 saturated carbocycles. The molecule has 0 radical (unpaired) electrons. The number of sulfonamides is 1. The number of carbonyl (C=O) groups is 2. The van der Waals surface area contributed by atoms with Crippen molar-refractivity contribution >= 4 is 27.5 Å². The van der Waals surface area contributed by atoms with E-state index >= 15 is 0 Å². The van der Waals surface area contributed by atoms with Crippen LogP contribution >= 0.6 is 0 Å². The van der Waals surface area contributed by atoms with Crippen molar-refractivity contribution in [3.8, 4) is 11.5 Å². The van der Waals surface area contributed by atoms with Gasteiger partial charge in [0.1, 0.15) is 29.9 Å². The summed E-state index contributed by atoms with van der Waals surface area (Å²) in [6.07, 6.45) is 4.15. The molecule has 0 spiro atoms. The minimum Gasteiger partial charge on any atom is -0.497 e. The Morgan fingerprint density at radius 2 is 1.47 bits per heavy atom. The Hall–Kier alpha value is -4.12. The monoisotopic (exact) mass is 611 g/mol. The van der Waals surface area contributed by atoms with Gasteiger partial charge in [0.2, 0.25) is 11.8 Å². The minimum atomic E-state index is -4.28. The lowest BCUT2D eigenvalue weighted by atomic mass is 10.1. The van der Waals surface area contributed by atoms with Crippen molar-refractivity contribution in [1.82, 2.24) is 10.2 Å². The zero-order valence-corrected chi connectivity index (χ0v) is 25.5. The van der Waals surface area contributed by atoms with Crippen LogP contribution in [0.2, 0.25) is 0 Å². The number of methoxy groups -OCH3 is 2. The average Bonchev–Trinajstić information content (AvgIpc) is 3.53. The molecule has 1 atom stereocenters. The minimum absolute atomic E-state index is 0.0469. The highest BCUT2D eigenvalue weighted by molar-refractivity contribution is 7.92. The van der Waals surface area contributed by atoms with E-state index < -0.39 is 34.3 Å². The number of halogens is 1. The summed E-state index contributed by atoms with van der Waals surface area (Å²) in [4.78, 5) is 29.0. The Labute approximate surface area is 252 Å². The number of amides is 2. The van der Waals surface area contributed by atoms with Crippen LogP contribution in [0.3, 0.4) is 0 Å². The van der Waals surface area contributed by atoms with E-state index in [1.54, 1.807) is 31.4 Å². The molecule has 43 heavy (non-hydrogen) atoms. The first-order chi connectivity index (χ1) is 20.7. The van der Waals surface area contributed by atoms with E-state index in [9.17, 15) is 22.4 Å². The van der Waals surface area contributed by atoms with Crippen LogP contribution in [0.4, 0.5) is 10.1 Å². The van der Waals surface area contributed by atoms with Gasteiger partial charge in [-0.2, -0.15) is 0 Å². The SMILES string of the molecule is CC[C@H](C(=O)NC1CCCC1)N(Cc1ccc(OC)cc1)C(=O)CN(c1ccc(F)cc1)S(=O)(=O)c1ccc(OC)cc1. The summed E-state index contributed by atoms with van der Waals surface area (Å²) in [6, 6.07) is 17.0. The number of hydrogen-bond acceptors (Lipinski definition) is 6. The molecule has 230 valence electrons. The molecule has 0 saturated heterocycles. The lowest BCUT2D eigenvalue weighted by Gasteiger charge is -2.33. The number of hydrogen-bond donors (Lipinski definition) is 1. The van der Waals surface area contributed by atoms with Gasteiger partial charge in [0, 0.05) is 12.6 Å². The molecule has 1 aliphatic carbocycles. The van der Waals surface area contributed by atoms with Crippen LogP contribution in [-0.4, -0.2) is 58.0 Å². The topological polar surface area (TPSA) is 105 Å². The maximum atomic E-state index is 14.2. The molecular formula is C32H38FN3O6S. The van der Waals surface area contributed by atoms with Gasteiger partial charge in [-0.05, 0) is 85.5 Å². The fourth-order valence-electron chi connectivity index (χ4n) is 5.23. The third-order valence-corrected chi connectivity index (χ3v) is 9.43. The van der Waals surface area contributed by atoms with E-state index in [1.165, 1.54) is 48.4 Å². The highest BCUT2D eigenvalue weighted by Crippen LogP contribution is 2.27. The van der Waals surface area contributed by atoms with Gasteiger partial charge in [-0.1, -0.05) is 31.9 Å². The fraction of sp³-hybridized carbons (Fsp3) is 0.375. The smallest absolute Gasteiger partial charge is 0.264 e. The zero-order chi connectivity index (χ0) is 31.0. The van der Waals surface area contributed by atoms with Crippen LogP contribution in [0.15, 0.2) is 77.7 Å². The molecule has 0 heterocycles. The quantitative estimate of drug-likeness (QED) is 0.295. The lowest BCUT2D eigenvalue weighted by molar-refractivity contribution is -0.140. The Balaban J connectivity index is 1.70. The van der Waals surface area contributed by atoms with Crippen LogP contribution in [0.5, 0.6) is 11.5 Å². The molecule has 2 amide bonds. The molecular weight excluding hydrogens is 573 g/mol. The van der Waals surface area contributed by atoms with Gasteiger partial charge < -0.3 is 19.7 Å². The summed E-state index contributed by atoms with van der Waals surface area (Å²) in [5, 5.41) is 3.09. The van der Waals surface area contributed by atoms with Gasteiger partial charge in [-0.3, -0.25) is 13.9 Å². The molecule has 0 aliphatic heterocycles. The normalized spacial score (nSPS) is 14.1. The second-order valence-corrected chi connectivity index (χ2v) is 12.3. The average molecular weight is 612 g/mol. The van der Waals surface area contributed by atoms with Crippen LogP contribution in [-0.2, 0) is 26.2 Å². The molecule has 1 aliphatic rings. The Morgan fingerprint density at radius 1 is 0.907 bits per heavy atom. The molecule has 0 unspecified atom stereocenters. The van der Waals surface area contributed by atoms with Crippen molar-refractivity contribution in [3.63, 3.8) is 0 Å². The van der Waals surface area contributed by atoms with Gasteiger partial charge in [0.05, 0.1) is 24.8 Å². The first-order valence-electron chi connectivity index (χ1n) is 14.3. The number of anilines is 1. The second-order valence-electron chi connectivity index (χ2n) is 10.4. The number of nitrogens with one attached hydrogen (secondary N) is 1. The molecule has 1 N–H and O–H groups in total. The van der Waals surface area contributed by atoms with Gasteiger partial charge in [0.15, 0.2) is 0 Å². The standard InChI is InChI=1S/C32H38FN3O6S/c1-4-30(32(38)34-25-7-5-6-8-25)35(21-23-9-15-27(41-2)16-10-23)31(37)22-36(26-13-11-24(33)12-14-26)43(39,40)29-19-17-28(42-3)18-20-29/h9-20,25,30H,4-8,21-22H2,1-3H3,(H,34,38)/t30-/m1/s1. The van der Waals surface area contributed by atoms with Crippen molar-refractivity contribution in [3.05, 3.63) is 84.2 Å². The molecule has 0 bridgehead atoms. The molecule has 3 aromatic rings. The molecule has 0 aromatic heterocycles. The highest BCUT2D eigenvalue weighted by Gasteiger charge is 2.34. The summed E-state index contributed by atoms with van der Waals surface area (Å²) in [5.74, 6) is -0.297. The van der Waals surface area contributed by atoms with Gasteiger partial charge >= 0.3 is 0 Å². The van der Waals surface area contributed by atoms with Crippen molar-refractivity contribution in [2.24, 2.45) is 0 Å². The molecule has 3 aromatic carbocycles. The van der Waals surface area contributed by atoms with Crippen molar-refractivity contribution < 1.29 is 31.9 Å².